The maximum atomic E-state index is 2.35. The number of rotatable bonds is 1. The maximum Gasteiger partial charge on any atom is 0.0205 e. The van der Waals surface area contributed by atoms with Crippen molar-refractivity contribution in [2.45, 2.75) is 6.92 Å². The number of benzene rings is 1. The Balaban J connectivity index is 3.20. The van der Waals surface area contributed by atoms with Gasteiger partial charge in [-0.2, -0.15) is 0 Å². The van der Waals surface area contributed by atoms with E-state index < -0.39 is 0 Å². The molecule has 0 aliphatic heterocycles. The van der Waals surface area contributed by atoms with Gasteiger partial charge >= 0.3 is 0 Å². The van der Waals surface area contributed by atoms with Crippen molar-refractivity contribution in [3.05, 3.63) is 37.0 Å². The summed E-state index contributed by atoms with van der Waals surface area (Å²) in [4.78, 5) is 0. The lowest BCUT2D eigenvalue weighted by Crippen LogP contribution is -1.83. The van der Waals surface area contributed by atoms with Crippen molar-refractivity contribution in [3.63, 3.8) is 0 Å². The van der Waals surface area contributed by atoms with E-state index >= 15 is 0 Å². The topological polar surface area (TPSA) is 0 Å². The van der Waals surface area contributed by atoms with Crippen molar-refractivity contribution in [2.24, 2.45) is 0 Å². The molecule has 0 amide bonds. The van der Waals surface area contributed by atoms with Crippen LogP contribution in [0.15, 0.2) is 22.3 Å². The minimum absolute atomic E-state index is 1.32. The van der Waals surface area contributed by atoms with Gasteiger partial charge in [0, 0.05) is 3.57 Å². The average Bonchev–Trinajstić information content (AvgIpc) is 1.97. The smallest absolute Gasteiger partial charge is 0.0205 e. The highest BCUT2D eigenvalue weighted by atomic mass is 127. The molecular formula is C9H8I2. The second-order valence-corrected chi connectivity index (χ2v) is 4.14. The van der Waals surface area contributed by atoms with Gasteiger partial charge in [-0.05, 0) is 56.9 Å². The third kappa shape index (κ3) is 2.43. The second kappa shape index (κ2) is 4.45. The normalized spacial score (nSPS) is 10.8. The first-order chi connectivity index (χ1) is 5.25. The highest BCUT2D eigenvalue weighted by Gasteiger charge is 1.96. The molecule has 0 radical (unpaired) electrons. The quantitative estimate of drug-likeness (QED) is 0.656. The van der Waals surface area contributed by atoms with Gasteiger partial charge in [0.15, 0.2) is 0 Å². The molecule has 0 saturated heterocycles. The summed E-state index contributed by atoms with van der Waals surface area (Å²) < 4.78 is 3.36. The zero-order valence-electron chi connectivity index (χ0n) is 6.14. The Morgan fingerprint density at radius 2 is 2.09 bits per heavy atom. The Kier molecular flexibility index (Phi) is 3.84. The molecule has 1 aromatic rings. The van der Waals surface area contributed by atoms with Crippen molar-refractivity contribution in [1.29, 1.82) is 0 Å². The van der Waals surface area contributed by atoms with E-state index in [4.69, 9.17) is 0 Å². The van der Waals surface area contributed by atoms with Crippen LogP contribution in [0.25, 0.3) is 6.08 Å². The van der Waals surface area contributed by atoms with Crippen LogP contribution in [0.2, 0.25) is 0 Å². The first-order valence-electron chi connectivity index (χ1n) is 3.27. The number of aryl methyl sites for hydroxylation is 1. The van der Waals surface area contributed by atoms with Crippen LogP contribution in [0, 0.1) is 10.5 Å². The molecule has 0 fully saturated rings. The van der Waals surface area contributed by atoms with E-state index in [9.17, 15) is 0 Å². The van der Waals surface area contributed by atoms with Crippen LogP contribution in [0.4, 0.5) is 0 Å². The van der Waals surface area contributed by atoms with Crippen molar-refractivity contribution >= 4 is 51.3 Å². The van der Waals surface area contributed by atoms with Crippen LogP contribution in [-0.2, 0) is 0 Å². The number of hydrogen-bond acceptors (Lipinski definition) is 0. The molecule has 2 heteroatoms. The van der Waals surface area contributed by atoms with Crippen LogP contribution >= 0.6 is 45.2 Å². The fourth-order valence-corrected chi connectivity index (χ4v) is 2.09. The zero-order valence-corrected chi connectivity index (χ0v) is 10.5. The minimum atomic E-state index is 1.32. The van der Waals surface area contributed by atoms with Gasteiger partial charge in [-0.15, -0.1) is 0 Å². The lowest BCUT2D eigenvalue weighted by Gasteiger charge is -2.01. The molecule has 58 valence electrons. The summed E-state index contributed by atoms with van der Waals surface area (Å²) in [5.74, 6) is 0. The molecule has 0 bridgehead atoms. The van der Waals surface area contributed by atoms with Crippen LogP contribution in [0.5, 0.6) is 0 Å². The summed E-state index contributed by atoms with van der Waals surface area (Å²) >= 11 is 4.60. The standard InChI is InChI=1S/C9H8I2/c1-7-3-2-4-9(11)8(7)5-6-10/h2-6H,1H3/b6-5-. The van der Waals surface area contributed by atoms with Crippen LogP contribution < -0.4 is 0 Å². The lowest BCUT2D eigenvalue weighted by atomic mass is 10.1. The Morgan fingerprint density at radius 3 is 2.64 bits per heavy atom. The number of halogens is 2. The first-order valence-corrected chi connectivity index (χ1v) is 5.60. The average molecular weight is 370 g/mol. The maximum absolute atomic E-state index is 2.35. The van der Waals surface area contributed by atoms with E-state index in [0.717, 1.165) is 0 Å². The van der Waals surface area contributed by atoms with Gasteiger partial charge in [0.1, 0.15) is 0 Å². The third-order valence-corrected chi connectivity index (χ3v) is 2.80. The van der Waals surface area contributed by atoms with Gasteiger partial charge in [0.05, 0.1) is 0 Å². The molecule has 0 nitrogen and oxygen atoms in total. The fourth-order valence-electron chi connectivity index (χ4n) is 0.919. The Bertz CT molecular complexity index is 257. The highest BCUT2D eigenvalue weighted by molar-refractivity contribution is 14.1. The number of hydrogen-bond donors (Lipinski definition) is 0. The molecule has 0 aromatic heterocycles. The summed E-state index contributed by atoms with van der Waals surface area (Å²) in [6.07, 6.45) is 2.14. The van der Waals surface area contributed by atoms with Gasteiger partial charge in [-0.1, -0.05) is 34.7 Å². The van der Waals surface area contributed by atoms with Gasteiger partial charge < -0.3 is 0 Å². The fraction of sp³-hybridized carbons (Fsp3) is 0.111. The molecule has 1 rings (SSSR count). The highest BCUT2D eigenvalue weighted by Crippen LogP contribution is 2.18. The zero-order chi connectivity index (χ0) is 8.27. The van der Waals surface area contributed by atoms with Crippen molar-refractivity contribution in [3.8, 4) is 0 Å². The molecule has 0 N–H and O–H groups in total. The van der Waals surface area contributed by atoms with Gasteiger partial charge in [-0.25, -0.2) is 0 Å². The molecule has 1 aromatic carbocycles. The van der Waals surface area contributed by atoms with Crippen LogP contribution in [-0.4, -0.2) is 0 Å². The molecule has 0 spiro atoms. The molecule has 0 saturated carbocycles. The molecular weight excluding hydrogens is 362 g/mol. The minimum Gasteiger partial charge on any atom is -0.0609 e. The van der Waals surface area contributed by atoms with Gasteiger partial charge in [-0.3, -0.25) is 0 Å². The van der Waals surface area contributed by atoms with E-state index in [0.29, 0.717) is 0 Å². The third-order valence-electron chi connectivity index (χ3n) is 1.50. The molecule has 11 heavy (non-hydrogen) atoms. The largest absolute Gasteiger partial charge is 0.0609 e. The Hall–Kier alpha value is 0.420. The van der Waals surface area contributed by atoms with E-state index in [1.54, 1.807) is 0 Å². The van der Waals surface area contributed by atoms with Crippen LogP contribution in [0.1, 0.15) is 11.1 Å². The van der Waals surface area contributed by atoms with E-state index in [2.05, 4.69) is 76.4 Å². The van der Waals surface area contributed by atoms with E-state index in [1.807, 2.05) is 4.08 Å². The molecule has 0 unspecified atom stereocenters. The molecule has 0 aliphatic carbocycles. The summed E-state index contributed by atoms with van der Waals surface area (Å²) in [5.41, 5.74) is 2.67. The monoisotopic (exact) mass is 370 g/mol. The van der Waals surface area contributed by atoms with E-state index in [1.165, 1.54) is 14.7 Å². The van der Waals surface area contributed by atoms with Crippen molar-refractivity contribution in [1.82, 2.24) is 0 Å². The van der Waals surface area contributed by atoms with Crippen LogP contribution in [0.3, 0.4) is 0 Å². The Labute approximate surface area is 94.4 Å². The Morgan fingerprint density at radius 1 is 1.36 bits per heavy atom. The van der Waals surface area contributed by atoms with Crippen molar-refractivity contribution in [2.75, 3.05) is 0 Å². The molecule has 0 aliphatic rings. The second-order valence-electron chi connectivity index (χ2n) is 2.26. The predicted octanol–water partition coefficient (Wildman–Crippen LogP) is 4.01. The summed E-state index contributed by atoms with van der Waals surface area (Å²) in [6.45, 7) is 2.13. The summed E-state index contributed by atoms with van der Waals surface area (Å²) in [6, 6.07) is 6.34. The predicted molar refractivity (Wildman–Crippen MR) is 67.0 cm³/mol. The summed E-state index contributed by atoms with van der Waals surface area (Å²) in [5, 5.41) is 0. The molecule has 0 heterocycles. The van der Waals surface area contributed by atoms with Crippen molar-refractivity contribution < 1.29 is 0 Å². The van der Waals surface area contributed by atoms with Gasteiger partial charge in [0.2, 0.25) is 0 Å². The lowest BCUT2D eigenvalue weighted by molar-refractivity contribution is 1.42. The van der Waals surface area contributed by atoms with E-state index in [-0.39, 0.29) is 0 Å². The first kappa shape index (κ1) is 9.51. The SMILES string of the molecule is Cc1cccc(I)c1/C=C\I. The molecule has 0 atom stereocenters. The summed E-state index contributed by atoms with van der Waals surface area (Å²) in [7, 11) is 0. The van der Waals surface area contributed by atoms with Gasteiger partial charge in [0.25, 0.3) is 0 Å².